The van der Waals surface area contributed by atoms with Crippen LogP contribution in [-0.4, -0.2) is 53.9 Å². The molecule has 1 unspecified atom stereocenters. The molecule has 1 N–H and O–H groups in total. The number of carbonyl (C=O) groups is 1. The van der Waals surface area contributed by atoms with E-state index in [9.17, 15) is 4.79 Å². The average Bonchev–Trinajstić information content (AvgIpc) is 3.52. The SMILES string of the molecule is CC(C)C(NC(=O)C1CCN(c2ccc3nncn3n2)CC1)c1nc(-c2ccncc2)no1. The summed E-state index contributed by atoms with van der Waals surface area (Å²) in [5, 5.41) is 19.6. The predicted molar refractivity (Wildman–Crippen MR) is 119 cm³/mol. The molecule has 0 spiro atoms. The van der Waals surface area contributed by atoms with Gasteiger partial charge in [-0.05, 0) is 43.0 Å². The topological polar surface area (TPSA) is 127 Å². The highest BCUT2D eigenvalue weighted by molar-refractivity contribution is 5.79. The number of aromatic nitrogens is 7. The van der Waals surface area contributed by atoms with Gasteiger partial charge in [0.15, 0.2) is 5.65 Å². The van der Waals surface area contributed by atoms with Gasteiger partial charge in [-0.15, -0.1) is 15.3 Å². The summed E-state index contributed by atoms with van der Waals surface area (Å²) >= 11 is 0. The number of hydrogen-bond acceptors (Lipinski definition) is 9. The van der Waals surface area contributed by atoms with Crippen molar-refractivity contribution in [2.24, 2.45) is 11.8 Å². The zero-order valence-corrected chi connectivity index (χ0v) is 18.5. The Bertz CT molecular complexity index is 1230. The summed E-state index contributed by atoms with van der Waals surface area (Å²) in [4.78, 5) is 23.8. The molecule has 4 aromatic heterocycles. The number of rotatable bonds is 6. The molecule has 5 rings (SSSR count). The fourth-order valence-electron chi connectivity index (χ4n) is 4.02. The quantitative estimate of drug-likeness (QED) is 0.473. The van der Waals surface area contributed by atoms with Crippen LogP contribution in [0.5, 0.6) is 0 Å². The van der Waals surface area contributed by atoms with Gasteiger partial charge in [-0.3, -0.25) is 9.78 Å². The molecular weight excluding hydrogens is 422 g/mol. The fourth-order valence-corrected chi connectivity index (χ4v) is 4.02. The molecule has 11 heteroatoms. The van der Waals surface area contributed by atoms with E-state index in [1.54, 1.807) is 23.2 Å². The normalized spacial score (nSPS) is 15.8. The van der Waals surface area contributed by atoms with Crippen LogP contribution in [0.4, 0.5) is 5.82 Å². The average molecular weight is 448 g/mol. The van der Waals surface area contributed by atoms with Gasteiger partial charge in [-0.1, -0.05) is 19.0 Å². The number of nitrogens with zero attached hydrogens (tertiary/aromatic N) is 8. The lowest BCUT2D eigenvalue weighted by Crippen LogP contribution is -2.42. The van der Waals surface area contributed by atoms with Crippen molar-refractivity contribution in [1.29, 1.82) is 0 Å². The number of carbonyl (C=O) groups excluding carboxylic acids is 1. The molecule has 1 aliphatic heterocycles. The molecule has 1 aliphatic rings. The lowest BCUT2D eigenvalue weighted by atomic mass is 9.94. The molecule has 1 amide bonds. The molecule has 0 radical (unpaired) electrons. The second-order valence-corrected chi connectivity index (χ2v) is 8.51. The molecule has 0 bridgehead atoms. The third kappa shape index (κ3) is 4.38. The molecule has 33 heavy (non-hydrogen) atoms. The van der Waals surface area contributed by atoms with Crippen LogP contribution in [0.25, 0.3) is 17.0 Å². The van der Waals surface area contributed by atoms with E-state index in [1.165, 1.54) is 0 Å². The Labute approximate surface area is 190 Å². The minimum Gasteiger partial charge on any atom is -0.355 e. The van der Waals surface area contributed by atoms with Crippen molar-refractivity contribution in [2.45, 2.75) is 32.7 Å². The van der Waals surface area contributed by atoms with Crippen LogP contribution < -0.4 is 10.2 Å². The minimum absolute atomic E-state index is 0.0132. The van der Waals surface area contributed by atoms with Crippen molar-refractivity contribution in [1.82, 2.24) is 40.3 Å². The van der Waals surface area contributed by atoms with E-state index in [0.717, 1.165) is 37.3 Å². The van der Waals surface area contributed by atoms with Crippen LogP contribution in [0, 0.1) is 11.8 Å². The second kappa shape index (κ2) is 8.93. The molecule has 11 nitrogen and oxygen atoms in total. The molecule has 1 fully saturated rings. The maximum atomic E-state index is 13.1. The van der Waals surface area contributed by atoms with Crippen LogP contribution in [-0.2, 0) is 4.79 Å². The Balaban J connectivity index is 1.22. The summed E-state index contributed by atoms with van der Waals surface area (Å²) in [5.74, 6) is 1.78. The van der Waals surface area contributed by atoms with Crippen LogP contribution in [0.3, 0.4) is 0 Å². The first-order valence-corrected chi connectivity index (χ1v) is 11.0. The summed E-state index contributed by atoms with van der Waals surface area (Å²) < 4.78 is 7.17. The summed E-state index contributed by atoms with van der Waals surface area (Å²) in [5.41, 5.74) is 1.53. The molecule has 5 heterocycles. The van der Waals surface area contributed by atoms with Crippen LogP contribution in [0.2, 0.25) is 0 Å². The van der Waals surface area contributed by atoms with Gasteiger partial charge in [0.2, 0.25) is 17.6 Å². The van der Waals surface area contributed by atoms with E-state index in [4.69, 9.17) is 4.52 Å². The van der Waals surface area contributed by atoms with Gasteiger partial charge < -0.3 is 14.7 Å². The largest absolute Gasteiger partial charge is 0.355 e. The molecule has 4 aromatic rings. The zero-order chi connectivity index (χ0) is 22.8. The number of nitrogens with one attached hydrogen (secondary N) is 1. The highest BCUT2D eigenvalue weighted by Gasteiger charge is 2.30. The smallest absolute Gasteiger partial charge is 0.249 e. The summed E-state index contributed by atoms with van der Waals surface area (Å²) in [6.07, 6.45) is 6.43. The minimum atomic E-state index is -0.351. The monoisotopic (exact) mass is 447 g/mol. The van der Waals surface area contributed by atoms with Gasteiger partial charge in [-0.2, -0.15) is 9.50 Å². The highest BCUT2D eigenvalue weighted by atomic mass is 16.5. The Morgan fingerprint density at radius 2 is 1.94 bits per heavy atom. The Morgan fingerprint density at radius 1 is 1.15 bits per heavy atom. The van der Waals surface area contributed by atoms with Crippen molar-refractivity contribution < 1.29 is 9.32 Å². The Hall–Kier alpha value is -3.89. The number of anilines is 1. The molecule has 1 saturated heterocycles. The first kappa shape index (κ1) is 21.0. The molecule has 0 aromatic carbocycles. The van der Waals surface area contributed by atoms with E-state index in [1.807, 2.05) is 38.1 Å². The van der Waals surface area contributed by atoms with Crippen molar-refractivity contribution in [3.05, 3.63) is 48.9 Å². The maximum Gasteiger partial charge on any atom is 0.249 e. The van der Waals surface area contributed by atoms with Crippen molar-refractivity contribution in [2.75, 3.05) is 18.0 Å². The standard InChI is InChI=1S/C22H25N9O2/c1-14(2)19(22-26-20(29-33-22)15-5-9-23-10-6-15)25-21(32)16-7-11-30(12-8-16)18-4-3-17-27-24-13-31(17)28-18/h3-6,9-10,13-14,16,19H,7-8,11-12H2,1-2H3,(H,25,32). The maximum absolute atomic E-state index is 13.1. The van der Waals surface area contributed by atoms with E-state index in [-0.39, 0.29) is 23.8 Å². The molecule has 1 atom stereocenters. The van der Waals surface area contributed by atoms with Gasteiger partial charge in [0.1, 0.15) is 18.2 Å². The van der Waals surface area contributed by atoms with Gasteiger partial charge in [0.25, 0.3) is 0 Å². The van der Waals surface area contributed by atoms with E-state index in [2.05, 4.69) is 40.6 Å². The Kier molecular flexibility index (Phi) is 5.68. The van der Waals surface area contributed by atoms with Gasteiger partial charge in [-0.25, -0.2) is 0 Å². The first-order valence-electron chi connectivity index (χ1n) is 11.0. The van der Waals surface area contributed by atoms with E-state index >= 15 is 0 Å². The van der Waals surface area contributed by atoms with Gasteiger partial charge in [0, 0.05) is 37.0 Å². The van der Waals surface area contributed by atoms with Gasteiger partial charge >= 0.3 is 0 Å². The second-order valence-electron chi connectivity index (χ2n) is 8.51. The third-order valence-electron chi connectivity index (χ3n) is 5.95. The summed E-state index contributed by atoms with van der Waals surface area (Å²) in [7, 11) is 0. The third-order valence-corrected chi connectivity index (χ3v) is 5.95. The first-order chi connectivity index (χ1) is 16.1. The number of amides is 1. The number of pyridine rings is 1. The fraction of sp³-hybridized carbons (Fsp3) is 0.409. The lowest BCUT2D eigenvalue weighted by Gasteiger charge is -2.32. The molecule has 0 aliphatic carbocycles. The summed E-state index contributed by atoms with van der Waals surface area (Å²) in [6.45, 7) is 5.54. The molecule has 170 valence electrons. The predicted octanol–water partition coefficient (Wildman–Crippen LogP) is 2.30. The molecule has 0 saturated carbocycles. The lowest BCUT2D eigenvalue weighted by molar-refractivity contribution is -0.126. The number of hydrogen-bond donors (Lipinski definition) is 1. The van der Waals surface area contributed by atoms with E-state index < -0.39 is 0 Å². The van der Waals surface area contributed by atoms with Crippen LogP contribution >= 0.6 is 0 Å². The van der Waals surface area contributed by atoms with Crippen LogP contribution in [0.1, 0.15) is 38.6 Å². The summed E-state index contributed by atoms with van der Waals surface area (Å²) in [6, 6.07) is 7.13. The van der Waals surface area contributed by atoms with Gasteiger partial charge in [0.05, 0.1) is 0 Å². The van der Waals surface area contributed by atoms with Crippen molar-refractivity contribution >= 4 is 17.4 Å². The van der Waals surface area contributed by atoms with Crippen LogP contribution in [0.15, 0.2) is 47.5 Å². The zero-order valence-electron chi connectivity index (χ0n) is 18.5. The molecular formula is C22H25N9O2. The Morgan fingerprint density at radius 3 is 2.70 bits per heavy atom. The van der Waals surface area contributed by atoms with Crippen molar-refractivity contribution in [3.8, 4) is 11.4 Å². The van der Waals surface area contributed by atoms with E-state index in [0.29, 0.717) is 17.4 Å². The number of piperidine rings is 1. The number of fused-ring (bicyclic) bond motifs is 1. The van der Waals surface area contributed by atoms with Crippen molar-refractivity contribution in [3.63, 3.8) is 0 Å². The highest BCUT2D eigenvalue weighted by Crippen LogP contribution is 2.26.